The molecule has 0 aromatic rings. The third-order valence-electron chi connectivity index (χ3n) is 0.702. The van der Waals surface area contributed by atoms with Crippen molar-refractivity contribution >= 4 is 12.1 Å². The highest BCUT2D eigenvalue weighted by Crippen LogP contribution is 1.67. The largest absolute Gasteiger partial charge is 0.472 e. The van der Waals surface area contributed by atoms with E-state index in [-0.39, 0.29) is 6.54 Å². The van der Waals surface area contributed by atoms with Gasteiger partial charge in [-0.2, -0.15) is 0 Å². The number of carbonyl (C=O) groups is 2. The second kappa shape index (κ2) is 5.11. The topological polar surface area (TPSA) is 75.6 Å². The fraction of sp³-hybridized carbons (Fsp3) is 0.333. The Labute approximate surface area is 63.3 Å². The number of ether oxygens (including phenoxy) is 1. The Bertz CT molecular complexity index is 212. The maximum absolute atomic E-state index is 10.3. The van der Waals surface area contributed by atoms with Crippen LogP contribution in [0.1, 0.15) is 0 Å². The highest BCUT2D eigenvalue weighted by atomic mass is 16.5. The summed E-state index contributed by atoms with van der Waals surface area (Å²) in [7, 11) is 1.21. The van der Waals surface area contributed by atoms with Crippen molar-refractivity contribution in [2.45, 2.75) is 0 Å². The van der Waals surface area contributed by atoms with Crippen LogP contribution in [0, 0.1) is 11.8 Å². The Morgan fingerprint density at radius 3 is 2.73 bits per heavy atom. The summed E-state index contributed by atoms with van der Waals surface area (Å²) < 4.78 is 4.19. The SMILES string of the molecule is COC(=O)NCC#CC(=O)O. The number of carboxylic acids is 1. The summed E-state index contributed by atoms with van der Waals surface area (Å²) in [4.78, 5) is 20.1. The lowest BCUT2D eigenvalue weighted by atomic mass is 10.5. The van der Waals surface area contributed by atoms with E-state index >= 15 is 0 Å². The number of rotatable bonds is 1. The smallest absolute Gasteiger partial charge is 0.407 e. The van der Waals surface area contributed by atoms with Crippen LogP contribution in [0.2, 0.25) is 0 Å². The van der Waals surface area contributed by atoms with Gasteiger partial charge in [0.2, 0.25) is 0 Å². The molecule has 0 aromatic carbocycles. The Kier molecular flexibility index (Phi) is 4.32. The van der Waals surface area contributed by atoms with Crippen molar-refractivity contribution in [2.24, 2.45) is 0 Å². The summed E-state index contributed by atoms with van der Waals surface area (Å²) in [5, 5.41) is 10.2. The summed E-state index contributed by atoms with van der Waals surface area (Å²) in [5.41, 5.74) is 0. The highest BCUT2D eigenvalue weighted by Gasteiger charge is 1.92. The maximum Gasteiger partial charge on any atom is 0.407 e. The lowest BCUT2D eigenvalue weighted by Gasteiger charge is -1.95. The molecule has 1 amide bonds. The van der Waals surface area contributed by atoms with Crippen molar-refractivity contribution in [1.82, 2.24) is 5.32 Å². The first-order valence-corrected chi connectivity index (χ1v) is 2.70. The number of nitrogens with one attached hydrogen (secondary N) is 1. The molecule has 0 aliphatic heterocycles. The molecule has 0 heterocycles. The van der Waals surface area contributed by atoms with Crippen LogP contribution in [-0.2, 0) is 9.53 Å². The van der Waals surface area contributed by atoms with E-state index in [4.69, 9.17) is 5.11 Å². The predicted molar refractivity (Wildman–Crippen MR) is 35.8 cm³/mol. The molecule has 0 saturated heterocycles. The molecule has 5 nitrogen and oxygen atoms in total. The van der Waals surface area contributed by atoms with Crippen LogP contribution in [0.4, 0.5) is 4.79 Å². The van der Waals surface area contributed by atoms with Gasteiger partial charge in [0.15, 0.2) is 0 Å². The van der Waals surface area contributed by atoms with E-state index < -0.39 is 12.1 Å². The highest BCUT2D eigenvalue weighted by molar-refractivity contribution is 5.86. The number of hydrogen-bond donors (Lipinski definition) is 2. The van der Waals surface area contributed by atoms with Gasteiger partial charge in [0.05, 0.1) is 13.7 Å². The van der Waals surface area contributed by atoms with Crippen LogP contribution in [0.3, 0.4) is 0 Å². The molecule has 0 aliphatic carbocycles. The van der Waals surface area contributed by atoms with Gasteiger partial charge in [-0.1, -0.05) is 5.92 Å². The van der Waals surface area contributed by atoms with Gasteiger partial charge in [0.1, 0.15) is 0 Å². The zero-order valence-electron chi connectivity index (χ0n) is 5.88. The average molecular weight is 157 g/mol. The lowest BCUT2D eigenvalue weighted by Crippen LogP contribution is -2.23. The van der Waals surface area contributed by atoms with Crippen LogP contribution in [0.25, 0.3) is 0 Å². The monoisotopic (exact) mass is 157 g/mol. The van der Waals surface area contributed by atoms with Crippen molar-refractivity contribution in [3.05, 3.63) is 0 Å². The van der Waals surface area contributed by atoms with Crippen LogP contribution in [0.15, 0.2) is 0 Å². The van der Waals surface area contributed by atoms with Gasteiger partial charge in [-0.3, -0.25) is 0 Å². The van der Waals surface area contributed by atoms with E-state index in [2.05, 4.69) is 16.0 Å². The number of aliphatic carboxylic acids is 1. The van der Waals surface area contributed by atoms with Gasteiger partial charge >= 0.3 is 12.1 Å². The zero-order valence-corrected chi connectivity index (χ0v) is 5.88. The third kappa shape index (κ3) is 6.18. The quantitative estimate of drug-likeness (QED) is 0.500. The fourth-order valence-electron chi connectivity index (χ4n) is 0.308. The lowest BCUT2D eigenvalue weighted by molar-refractivity contribution is -0.130. The van der Waals surface area contributed by atoms with Gasteiger partial charge in [0, 0.05) is 5.92 Å². The van der Waals surface area contributed by atoms with Crippen molar-refractivity contribution in [3.63, 3.8) is 0 Å². The molecule has 0 rings (SSSR count). The normalized spacial score (nSPS) is 7.36. The number of hydrogen-bond acceptors (Lipinski definition) is 3. The number of carboxylic acid groups (broad SMARTS) is 1. The number of amides is 1. The van der Waals surface area contributed by atoms with E-state index in [1.165, 1.54) is 7.11 Å². The first-order chi connectivity index (χ1) is 5.16. The Morgan fingerprint density at radius 1 is 1.64 bits per heavy atom. The van der Waals surface area contributed by atoms with Crippen LogP contribution >= 0.6 is 0 Å². The standard InChI is InChI=1S/C6H7NO4/c1-11-6(10)7-4-2-3-5(8)9/h4H2,1H3,(H,7,10)(H,8,9). The first kappa shape index (κ1) is 9.30. The van der Waals surface area contributed by atoms with Crippen molar-refractivity contribution < 1.29 is 19.4 Å². The second-order valence-corrected chi connectivity index (χ2v) is 1.45. The zero-order chi connectivity index (χ0) is 8.69. The molecule has 0 unspecified atom stereocenters. The van der Waals surface area contributed by atoms with E-state index in [0.717, 1.165) is 0 Å². The molecule has 0 radical (unpaired) electrons. The predicted octanol–water partition coefficient (Wildman–Crippen LogP) is -0.570. The molecule has 0 aromatic heterocycles. The number of alkyl carbamates (subject to hydrolysis) is 1. The van der Waals surface area contributed by atoms with E-state index in [1.807, 2.05) is 5.92 Å². The molecule has 11 heavy (non-hydrogen) atoms. The number of carbonyl (C=O) groups excluding carboxylic acids is 1. The Hall–Kier alpha value is -1.70. The van der Waals surface area contributed by atoms with Gasteiger partial charge in [-0.15, -0.1) is 0 Å². The van der Waals surface area contributed by atoms with Gasteiger partial charge in [-0.25, -0.2) is 9.59 Å². The minimum Gasteiger partial charge on any atom is -0.472 e. The first-order valence-electron chi connectivity index (χ1n) is 2.70. The molecule has 0 aliphatic rings. The average Bonchev–Trinajstić information content (AvgIpc) is 1.97. The summed E-state index contributed by atoms with van der Waals surface area (Å²) in [6.07, 6.45) is -0.635. The molecule has 0 atom stereocenters. The molecular weight excluding hydrogens is 150 g/mol. The number of methoxy groups -OCH3 is 1. The summed E-state index contributed by atoms with van der Waals surface area (Å²) >= 11 is 0. The fourth-order valence-corrected chi connectivity index (χ4v) is 0.308. The summed E-state index contributed by atoms with van der Waals surface area (Å²) in [6, 6.07) is 0. The molecular formula is C6H7NO4. The maximum atomic E-state index is 10.3. The Morgan fingerprint density at radius 2 is 2.27 bits per heavy atom. The van der Waals surface area contributed by atoms with E-state index in [1.54, 1.807) is 0 Å². The van der Waals surface area contributed by atoms with Gasteiger partial charge in [0.25, 0.3) is 0 Å². The van der Waals surface area contributed by atoms with Crippen molar-refractivity contribution in [3.8, 4) is 11.8 Å². The Balaban J connectivity index is 3.51. The van der Waals surface area contributed by atoms with E-state index in [9.17, 15) is 9.59 Å². The summed E-state index contributed by atoms with van der Waals surface area (Å²) in [5.74, 6) is 2.78. The van der Waals surface area contributed by atoms with E-state index in [0.29, 0.717) is 0 Å². The van der Waals surface area contributed by atoms with Gasteiger partial charge < -0.3 is 15.2 Å². The van der Waals surface area contributed by atoms with Crippen LogP contribution in [0.5, 0.6) is 0 Å². The summed E-state index contributed by atoms with van der Waals surface area (Å²) in [6.45, 7) is -0.0288. The third-order valence-corrected chi connectivity index (χ3v) is 0.702. The van der Waals surface area contributed by atoms with Crippen LogP contribution in [-0.4, -0.2) is 30.8 Å². The molecule has 2 N–H and O–H groups in total. The second-order valence-electron chi connectivity index (χ2n) is 1.45. The van der Waals surface area contributed by atoms with Crippen molar-refractivity contribution in [1.29, 1.82) is 0 Å². The molecule has 60 valence electrons. The van der Waals surface area contributed by atoms with Gasteiger partial charge in [-0.05, 0) is 0 Å². The minimum absolute atomic E-state index is 0.0288. The molecule has 5 heteroatoms. The molecule has 0 spiro atoms. The molecule has 0 bridgehead atoms. The van der Waals surface area contributed by atoms with Crippen LogP contribution < -0.4 is 5.32 Å². The van der Waals surface area contributed by atoms with Crippen molar-refractivity contribution in [2.75, 3.05) is 13.7 Å². The molecule has 0 saturated carbocycles. The minimum atomic E-state index is -1.23. The molecule has 0 fully saturated rings.